The zero-order valence-corrected chi connectivity index (χ0v) is 12.3. The van der Waals surface area contributed by atoms with Gasteiger partial charge in [-0.1, -0.05) is 30.9 Å². The summed E-state index contributed by atoms with van der Waals surface area (Å²) in [5.74, 6) is 0. The summed E-state index contributed by atoms with van der Waals surface area (Å²) in [6, 6.07) is 8.47. The van der Waals surface area contributed by atoms with Crippen LogP contribution in [0.3, 0.4) is 0 Å². The number of benzene rings is 1. The van der Waals surface area contributed by atoms with Crippen LogP contribution in [0.4, 0.5) is 0 Å². The predicted octanol–water partition coefficient (Wildman–Crippen LogP) is 2.38. The summed E-state index contributed by atoms with van der Waals surface area (Å²) in [6.45, 7) is 12.1. The highest BCUT2D eigenvalue weighted by molar-refractivity contribution is 5.66. The molecule has 1 heterocycles. The molecule has 0 aliphatic heterocycles. The van der Waals surface area contributed by atoms with E-state index in [4.69, 9.17) is 0 Å². The molecule has 0 saturated heterocycles. The van der Waals surface area contributed by atoms with E-state index in [1.165, 1.54) is 11.1 Å². The van der Waals surface area contributed by atoms with Crippen molar-refractivity contribution in [2.45, 2.75) is 13.8 Å². The van der Waals surface area contributed by atoms with E-state index in [0.717, 1.165) is 27.4 Å². The molecule has 20 heavy (non-hydrogen) atoms. The molecule has 2 nitrogen and oxygen atoms in total. The van der Waals surface area contributed by atoms with E-state index in [1.807, 2.05) is 13.2 Å². The molecule has 0 amide bonds. The van der Waals surface area contributed by atoms with Crippen LogP contribution in [0.1, 0.15) is 16.8 Å². The van der Waals surface area contributed by atoms with Gasteiger partial charge in [-0.2, -0.15) is 0 Å². The molecule has 0 unspecified atom stereocenters. The van der Waals surface area contributed by atoms with Gasteiger partial charge in [0.05, 0.1) is 11.4 Å². The minimum atomic E-state index is 0.824. The molecule has 0 fully saturated rings. The van der Waals surface area contributed by atoms with Crippen LogP contribution < -0.4 is 15.8 Å². The Morgan fingerprint density at radius 1 is 1.20 bits per heavy atom. The van der Waals surface area contributed by atoms with Gasteiger partial charge in [0.25, 0.3) is 0 Å². The second kappa shape index (κ2) is 5.74. The molecule has 0 radical (unpaired) electrons. The molecule has 2 rings (SSSR count). The van der Waals surface area contributed by atoms with Crippen molar-refractivity contribution >= 4 is 18.9 Å². The van der Waals surface area contributed by atoms with E-state index in [2.05, 4.69) is 61.6 Å². The van der Waals surface area contributed by atoms with Crippen LogP contribution in [0.25, 0.3) is 30.1 Å². The number of rotatable bonds is 3. The predicted molar refractivity (Wildman–Crippen MR) is 87.5 cm³/mol. The Kier molecular flexibility index (Phi) is 4.04. The quantitative estimate of drug-likeness (QED) is 0.920. The van der Waals surface area contributed by atoms with Gasteiger partial charge in [0.15, 0.2) is 0 Å². The lowest BCUT2D eigenvalue weighted by atomic mass is 10.0. The van der Waals surface area contributed by atoms with Gasteiger partial charge in [-0.25, -0.2) is 4.98 Å². The van der Waals surface area contributed by atoms with Gasteiger partial charge in [0, 0.05) is 29.2 Å². The highest BCUT2D eigenvalue weighted by Gasteiger charge is 2.06. The molecule has 0 bridgehead atoms. The van der Waals surface area contributed by atoms with Gasteiger partial charge >= 0.3 is 0 Å². The van der Waals surface area contributed by atoms with Crippen molar-refractivity contribution in [3.63, 3.8) is 0 Å². The third-order valence-corrected chi connectivity index (χ3v) is 3.35. The Labute approximate surface area is 120 Å². The monoisotopic (exact) mass is 264 g/mol. The number of hydrogen-bond acceptors (Lipinski definition) is 2. The molecule has 2 aromatic rings. The third kappa shape index (κ3) is 2.64. The highest BCUT2D eigenvalue weighted by atomic mass is 14.8. The van der Waals surface area contributed by atoms with Crippen LogP contribution in [0.2, 0.25) is 0 Å². The maximum Gasteiger partial charge on any atom is 0.0718 e. The van der Waals surface area contributed by atoms with Crippen molar-refractivity contribution in [3.8, 4) is 11.3 Å². The van der Waals surface area contributed by atoms with Crippen LogP contribution in [0, 0.1) is 13.8 Å². The fourth-order valence-electron chi connectivity index (χ4n) is 2.21. The molecule has 0 aliphatic rings. The van der Waals surface area contributed by atoms with E-state index in [9.17, 15) is 0 Å². The van der Waals surface area contributed by atoms with Crippen molar-refractivity contribution < 1.29 is 0 Å². The van der Waals surface area contributed by atoms with Gasteiger partial charge in [0.1, 0.15) is 0 Å². The summed E-state index contributed by atoms with van der Waals surface area (Å²) in [5, 5.41) is 4.98. The van der Waals surface area contributed by atoms with Crippen molar-refractivity contribution in [3.05, 3.63) is 58.1 Å². The summed E-state index contributed by atoms with van der Waals surface area (Å²) in [7, 11) is 1.88. The van der Waals surface area contributed by atoms with Crippen LogP contribution in [-0.2, 0) is 0 Å². The van der Waals surface area contributed by atoms with Crippen molar-refractivity contribution in [1.29, 1.82) is 0 Å². The highest BCUT2D eigenvalue weighted by Crippen LogP contribution is 2.21. The van der Waals surface area contributed by atoms with Crippen LogP contribution in [0.5, 0.6) is 0 Å². The third-order valence-electron chi connectivity index (χ3n) is 3.35. The van der Waals surface area contributed by atoms with Crippen LogP contribution in [-0.4, -0.2) is 12.0 Å². The Morgan fingerprint density at radius 2 is 1.95 bits per heavy atom. The number of nitrogens with one attached hydrogen (secondary N) is 1. The fourth-order valence-corrected chi connectivity index (χ4v) is 2.21. The molecule has 0 atom stereocenters. The summed E-state index contributed by atoms with van der Waals surface area (Å²) < 4.78 is 0. The molecule has 0 saturated carbocycles. The number of aromatic nitrogens is 1. The number of pyridine rings is 1. The Balaban J connectivity index is 2.78. The first-order chi connectivity index (χ1) is 9.56. The average molecular weight is 264 g/mol. The second-order valence-corrected chi connectivity index (χ2v) is 4.92. The Hall–Kier alpha value is -2.35. The lowest BCUT2D eigenvalue weighted by Gasteiger charge is -2.08. The summed E-state index contributed by atoms with van der Waals surface area (Å²) >= 11 is 0. The number of aryl methyl sites for hydroxylation is 2. The molecular weight excluding hydrogens is 244 g/mol. The molecule has 1 aromatic heterocycles. The zero-order valence-electron chi connectivity index (χ0n) is 12.3. The molecule has 0 aliphatic carbocycles. The molecule has 1 aromatic carbocycles. The molecular formula is C18H20N2. The van der Waals surface area contributed by atoms with Crippen molar-refractivity contribution in [2.24, 2.45) is 0 Å². The number of nitrogens with zero attached hydrogens (tertiary/aromatic N) is 1. The second-order valence-electron chi connectivity index (χ2n) is 4.92. The van der Waals surface area contributed by atoms with Crippen LogP contribution in [0.15, 0.2) is 30.8 Å². The molecule has 0 spiro atoms. The van der Waals surface area contributed by atoms with Gasteiger partial charge in [-0.3, -0.25) is 0 Å². The molecule has 2 heteroatoms. The fraction of sp³-hybridized carbons (Fsp3) is 0.167. The maximum atomic E-state index is 4.68. The normalized spacial score (nSPS) is 11.4. The summed E-state index contributed by atoms with van der Waals surface area (Å²) in [5.41, 5.74) is 5.37. The average Bonchev–Trinajstić information content (AvgIpc) is 2.44. The van der Waals surface area contributed by atoms with Gasteiger partial charge in [0.2, 0.25) is 0 Å². The van der Waals surface area contributed by atoms with E-state index in [0.29, 0.717) is 0 Å². The Morgan fingerprint density at radius 3 is 2.60 bits per heavy atom. The lowest BCUT2D eigenvalue weighted by molar-refractivity contribution is 1.16. The van der Waals surface area contributed by atoms with Gasteiger partial charge < -0.3 is 5.32 Å². The molecule has 1 N–H and O–H groups in total. The summed E-state index contributed by atoms with van der Waals surface area (Å²) in [4.78, 5) is 4.68. The Bertz CT molecular complexity index is 758. The first kappa shape index (κ1) is 14.1. The minimum absolute atomic E-state index is 0.824. The first-order valence-corrected chi connectivity index (χ1v) is 6.64. The van der Waals surface area contributed by atoms with E-state index < -0.39 is 0 Å². The number of hydrogen-bond donors (Lipinski definition) is 1. The topological polar surface area (TPSA) is 24.9 Å². The van der Waals surface area contributed by atoms with Crippen LogP contribution >= 0.6 is 0 Å². The standard InChI is InChI=1S/C18H20N2/c1-6-17-14(4)15(11-19-5)10-18(20-17)16-9-12(2)7-8-13(16)3/h6-11,19H,1,4H2,2-3,5H3/b15-11-. The smallest absolute Gasteiger partial charge is 0.0718 e. The van der Waals surface area contributed by atoms with E-state index in [1.54, 1.807) is 6.08 Å². The minimum Gasteiger partial charge on any atom is -0.393 e. The maximum absolute atomic E-state index is 4.68. The largest absolute Gasteiger partial charge is 0.393 e. The molecule has 102 valence electrons. The van der Waals surface area contributed by atoms with Crippen molar-refractivity contribution in [1.82, 2.24) is 10.3 Å². The first-order valence-electron chi connectivity index (χ1n) is 6.64. The van der Waals surface area contributed by atoms with Gasteiger partial charge in [-0.15, -0.1) is 0 Å². The van der Waals surface area contributed by atoms with Crippen molar-refractivity contribution in [2.75, 3.05) is 7.05 Å². The van der Waals surface area contributed by atoms with Gasteiger partial charge in [-0.05, 0) is 37.6 Å². The van der Waals surface area contributed by atoms with E-state index in [-0.39, 0.29) is 0 Å². The zero-order chi connectivity index (χ0) is 14.7. The SMILES string of the molecule is C=Cc1nc(-c2cc(C)ccc2C)c/c(=C/NC)c1=C. The summed E-state index contributed by atoms with van der Waals surface area (Å²) in [6.07, 6.45) is 3.69. The lowest BCUT2D eigenvalue weighted by Crippen LogP contribution is -2.29. The van der Waals surface area contributed by atoms with E-state index >= 15 is 0 Å².